The van der Waals surface area contributed by atoms with Crippen molar-refractivity contribution in [2.24, 2.45) is 0 Å². The molecular formula is C21H23N3OS. The quantitative estimate of drug-likeness (QED) is 0.828. The summed E-state index contributed by atoms with van der Waals surface area (Å²) in [5.74, 6) is 0.114. The minimum absolute atomic E-state index is 0.114. The van der Waals surface area contributed by atoms with E-state index in [0.29, 0.717) is 6.42 Å². The summed E-state index contributed by atoms with van der Waals surface area (Å²) in [5.41, 5.74) is 5.74. The number of hydrogen-bond donors (Lipinski definition) is 1. The number of piperazine rings is 1. The molecular weight excluding hydrogens is 342 g/mol. The summed E-state index contributed by atoms with van der Waals surface area (Å²) in [6, 6.07) is 14.9. The monoisotopic (exact) mass is 365 g/mol. The van der Waals surface area contributed by atoms with Gasteiger partial charge in [0.15, 0.2) is 0 Å². The van der Waals surface area contributed by atoms with E-state index in [0.717, 1.165) is 48.8 Å². The van der Waals surface area contributed by atoms with E-state index in [1.54, 1.807) is 0 Å². The standard InChI is InChI=1S/C21H23N3OS/c1-15-2-4-17(5-3-15)21(26)24-12-10-23(11-13-24)18-8-6-16-7-9-20(25)22-19(16)14-18/h2-6,8,14H,7,9-13H2,1H3,(H,22,25). The van der Waals surface area contributed by atoms with Crippen LogP contribution in [0.25, 0.3) is 0 Å². The number of carbonyl (C=O) groups excluding carboxylic acids is 1. The number of carbonyl (C=O) groups is 1. The molecule has 0 aromatic heterocycles. The van der Waals surface area contributed by atoms with Crippen molar-refractivity contribution in [1.82, 2.24) is 4.90 Å². The molecule has 1 amide bonds. The largest absolute Gasteiger partial charge is 0.368 e. The summed E-state index contributed by atoms with van der Waals surface area (Å²) in [6.45, 7) is 5.77. The van der Waals surface area contributed by atoms with E-state index < -0.39 is 0 Å². The number of aryl methyl sites for hydroxylation is 2. The lowest BCUT2D eigenvalue weighted by molar-refractivity contribution is -0.116. The Bertz CT molecular complexity index is 839. The molecule has 1 saturated heterocycles. The first-order valence-electron chi connectivity index (χ1n) is 9.14. The third-order valence-electron chi connectivity index (χ3n) is 5.22. The van der Waals surface area contributed by atoms with Crippen molar-refractivity contribution in [2.45, 2.75) is 19.8 Å². The fraction of sp³-hybridized carbons (Fsp3) is 0.333. The third kappa shape index (κ3) is 3.44. The lowest BCUT2D eigenvalue weighted by Crippen LogP contribution is -2.48. The van der Waals surface area contributed by atoms with Gasteiger partial charge in [-0.3, -0.25) is 4.79 Å². The highest BCUT2D eigenvalue weighted by atomic mass is 32.1. The van der Waals surface area contributed by atoms with Crippen LogP contribution in [0.1, 0.15) is 23.1 Å². The Morgan fingerprint density at radius 1 is 1.00 bits per heavy atom. The molecule has 4 nitrogen and oxygen atoms in total. The van der Waals surface area contributed by atoms with Crippen LogP contribution in [0.15, 0.2) is 42.5 Å². The lowest BCUT2D eigenvalue weighted by atomic mass is 10.0. The molecule has 2 aromatic carbocycles. The molecule has 2 heterocycles. The highest BCUT2D eigenvalue weighted by Crippen LogP contribution is 2.28. The van der Waals surface area contributed by atoms with E-state index >= 15 is 0 Å². The fourth-order valence-corrected chi connectivity index (χ4v) is 3.92. The van der Waals surface area contributed by atoms with Gasteiger partial charge in [-0.05, 0) is 31.0 Å². The zero-order valence-electron chi connectivity index (χ0n) is 15.0. The van der Waals surface area contributed by atoms with Crippen LogP contribution in [-0.2, 0) is 11.2 Å². The maximum atomic E-state index is 11.6. The number of nitrogens with one attached hydrogen (secondary N) is 1. The van der Waals surface area contributed by atoms with Crippen LogP contribution in [-0.4, -0.2) is 42.0 Å². The van der Waals surface area contributed by atoms with Crippen molar-refractivity contribution >= 4 is 34.5 Å². The van der Waals surface area contributed by atoms with Crippen molar-refractivity contribution in [1.29, 1.82) is 0 Å². The first-order valence-corrected chi connectivity index (χ1v) is 9.55. The Hall–Kier alpha value is -2.40. The highest BCUT2D eigenvalue weighted by Gasteiger charge is 2.21. The zero-order valence-corrected chi connectivity index (χ0v) is 15.8. The Morgan fingerprint density at radius 3 is 2.46 bits per heavy atom. The van der Waals surface area contributed by atoms with Crippen molar-refractivity contribution in [2.75, 3.05) is 36.4 Å². The summed E-state index contributed by atoms with van der Waals surface area (Å²) in [4.78, 5) is 17.2. The average Bonchev–Trinajstić information content (AvgIpc) is 2.67. The van der Waals surface area contributed by atoms with Gasteiger partial charge in [0, 0.05) is 49.5 Å². The Morgan fingerprint density at radius 2 is 1.73 bits per heavy atom. The van der Waals surface area contributed by atoms with Gasteiger partial charge in [0.05, 0.1) is 0 Å². The van der Waals surface area contributed by atoms with E-state index in [2.05, 4.69) is 64.5 Å². The molecule has 1 fully saturated rings. The van der Waals surface area contributed by atoms with Gasteiger partial charge in [-0.2, -0.15) is 0 Å². The molecule has 2 aliphatic rings. The number of amides is 1. The maximum Gasteiger partial charge on any atom is 0.224 e. The van der Waals surface area contributed by atoms with Crippen LogP contribution < -0.4 is 10.2 Å². The highest BCUT2D eigenvalue weighted by molar-refractivity contribution is 7.80. The maximum absolute atomic E-state index is 11.6. The summed E-state index contributed by atoms with van der Waals surface area (Å²) < 4.78 is 0. The van der Waals surface area contributed by atoms with E-state index in [-0.39, 0.29) is 5.91 Å². The molecule has 2 aromatic rings. The minimum atomic E-state index is 0.114. The second-order valence-electron chi connectivity index (χ2n) is 7.03. The molecule has 0 bridgehead atoms. The average molecular weight is 366 g/mol. The van der Waals surface area contributed by atoms with Crippen LogP contribution in [0.5, 0.6) is 0 Å². The molecule has 0 saturated carbocycles. The number of thiocarbonyl (C=S) groups is 1. The number of hydrogen-bond acceptors (Lipinski definition) is 3. The second-order valence-corrected chi connectivity index (χ2v) is 7.42. The van der Waals surface area contributed by atoms with Gasteiger partial charge in [-0.1, -0.05) is 48.1 Å². The smallest absolute Gasteiger partial charge is 0.224 e. The first-order chi connectivity index (χ1) is 12.6. The van der Waals surface area contributed by atoms with Gasteiger partial charge in [0.1, 0.15) is 4.99 Å². The molecule has 0 atom stereocenters. The molecule has 0 spiro atoms. The zero-order chi connectivity index (χ0) is 18.1. The van der Waals surface area contributed by atoms with Crippen molar-refractivity contribution < 1.29 is 4.79 Å². The van der Waals surface area contributed by atoms with Gasteiger partial charge < -0.3 is 15.1 Å². The van der Waals surface area contributed by atoms with Crippen molar-refractivity contribution in [3.8, 4) is 0 Å². The molecule has 4 rings (SSSR count). The Balaban J connectivity index is 1.42. The van der Waals surface area contributed by atoms with Crippen LogP contribution >= 0.6 is 12.2 Å². The molecule has 2 aliphatic heterocycles. The van der Waals surface area contributed by atoms with E-state index in [4.69, 9.17) is 12.2 Å². The van der Waals surface area contributed by atoms with Crippen LogP contribution in [0.4, 0.5) is 11.4 Å². The number of nitrogens with zero attached hydrogens (tertiary/aromatic N) is 2. The van der Waals surface area contributed by atoms with E-state index in [1.807, 2.05) is 0 Å². The summed E-state index contributed by atoms with van der Waals surface area (Å²) >= 11 is 5.69. The van der Waals surface area contributed by atoms with E-state index in [1.165, 1.54) is 16.8 Å². The van der Waals surface area contributed by atoms with Gasteiger partial charge in [0.25, 0.3) is 0 Å². The van der Waals surface area contributed by atoms with Gasteiger partial charge in [0.2, 0.25) is 5.91 Å². The first kappa shape index (κ1) is 17.0. The number of rotatable bonds is 2. The van der Waals surface area contributed by atoms with Gasteiger partial charge >= 0.3 is 0 Å². The van der Waals surface area contributed by atoms with Gasteiger partial charge in [-0.25, -0.2) is 0 Å². The Kier molecular flexibility index (Phi) is 4.64. The van der Waals surface area contributed by atoms with E-state index in [9.17, 15) is 4.79 Å². The lowest BCUT2D eigenvalue weighted by Gasteiger charge is -2.38. The van der Waals surface area contributed by atoms with Crippen molar-refractivity contribution in [3.05, 3.63) is 59.2 Å². The number of benzene rings is 2. The Labute approximate surface area is 159 Å². The summed E-state index contributed by atoms with van der Waals surface area (Å²) in [6.07, 6.45) is 1.42. The van der Waals surface area contributed by atoms with Gasteiger partial charge in [-0.15, -0.1) is 0 Å². The molecule has 5 heteroatoms. The third-order valence-corrected chi connectivity index (χ3v) is 5.71. The molecule has 134 valence electrons. The summed E-state index contributed by atoms with van der Waals surface area (Å²) in [5, 5.41) is 3.00. The molecule has 0 unspecified atom stereocenters. The minimum Gasteiger partial charge on any atom is -0.368 e. The molecule has 0 aliphatic carbocycles. The number of anilines is 2. The van der Waals surface area contributed by atoms with Crippen LogP contribution in [0.2, 0.25) is 0 Å². The predicted molar refractivity (Wildman–Crippen MR) is 110 cm³/mol. The summed E-state index contributed by atoms with van der Waals surface area (Å²) in [7, 11) is 0. The topological polar surface area (TPSA) is 35.6 Å². The second kappa shape index (κ2) is 7.08. The predicted octanol–water partition coefficient (Wildman–Crippen LogP) is 3.38. The molecule has 0 radical (unpaired) electrons. The van der Waals surface area contributed by atoms with Crippen LogP contribution in [0, 0.1) is 6.92 Å². The number of fused-ring (bicyclic) bond motifs is 1. The molecule has 26 heavy (non-hydrogen) atoms. The molecule has 1 N–H and O–H groups in total. The fourth-order valence-electron chi connectivity index (χ4n) is 3.60. The SMILES string of the molecule is Cc1ccc(C(=S)N2CCN(c3ccc4c(c3)NC(=O)CC4)CC2)cc1. The normalized spacial score (nSPS) is 16.9. The van der Waals surface area contributed by atoms with Crippen LogP contribution in [0.3, 0.4) is 0 Å². The van der Waals surface area contributed by atoms with Crippen molar-refractivity contribution in [3.63, 3.8) is 0 Å².